The molecule has 3 saturated heterocycles. The second-order valence-corrected chi connectivity index (χ2v) is 12.7. The van der Waals surface area contributed by atoms with E-state index in [1.165, 1.54) is 21.9 Å². The van der Waals surface area contributed by atoms with Gasteiger partial charge >= 0.3 is 0 Å². The van der Waals surface area contributed by atoms with Gasteiger partial charge < -0.3 is 35.0 Å². The summed E-state index contributed by atoms with van der Waals surface area (Å²) in [4.78, 5) is 26.0. The summed E-state index contributed by atoms with van der Waals surface area (Å²) in [6.07, 6.45) is 1.77. The molecule has 11 nitrogen and oxygen atoms in total. The highest BCUT2D eigenvalue weighted by Crippen LogP contribution is 2.50. The number of carbonyl (C=O) groups is 1. The first-order valence-electron chi connectivity index (χ1n) is 15.1. The number of likely N-dealkylation sites (tertiary alicyclic amines) is 2. The number of carbonyl (C=O) groups excluding carboxylic acids is 1. The lowest BCUT2D eigenvalue weighted by molar-refractivity contribution is -0.294. The molecule has 248 valence electrons. The Bertz CT molecular complexity index is 1310. The Balaban J connectivity index is 1.03. The molecule has 4 N–H and O–H groups in total. The molecule has 1 aromatic heterocycles. The molecule has 3 aliphatic rings. The Morgan fingerprint density at radius 1 is 1.09 bits per heavy atom. The molecule has 0 saturated carbocycles. The lowest BCUT2D eigenvalue weighted by atomic mass is 9.73. The van der Waals surface area contributed by atoms with E-state index in [0.717, 1.165) is 38.8 Å². The number of β-amino-alcohol motifs (C(OH)–C–C–N with tert-alkyl or cyclic N) is 1. The van der Waals surface area contributed by atoms with Gasteiger partial charge in [0.25, 0.3) is 5.92 Å². The quantitative estimate of drug-likeness (QED) is 0.234. The fourth-order valence-corrected chi connectivity index (χ4v) is 6.39. The largest absolute Gasteiger partial charge is 0.493 e. The molecule has 3 atom stereocenters. The van der Waals surface area contributed by atoms with E-state index in [2.05, 4.69) is 14.9 Å². The SMILES string of the molecule is O=C(Cc1ccc(OCCCC2CCN(c3ncc(Cl)cn3)CC2)cc1F)N1CC2(C1)N(C[C@H](O)[C@H](O)[C@H](O)CO)CC2(F)F. The van der Waals surface area contributed by atoms with Gasteiger partial charge in [-0.05, 0) is 43.2 Å². The van der Waals surface area contributed by atoms with Gasteiger partial charge in [-0.25, -0.2) is 23.1 Å². The van der Waals surface area contributed by atoms with Crippen molar-refractivity contribution in [2.24, 2.45) is 5.92 Å². The van der Waals surface area contributed by atoms with Crippen LogP contribution in [0.5, 0.6) is 5.75 Å². The first-order valence-corrected chi connectivity index (χ1v) is 15.5. The van der Waals surface area contributed by atoms with Crippen molar-refractivity contribution in [1.29, 1.82) is 0 Å². The third-order valence-corrected chi connectivity index (χ3v) is 9.41. The van der Waals surface area contributed by atoms with Crippen LogP contribution in [0.4, 0.5) is 19.1 Å². The third-order valence-electron chi connectivity index (χ3n) is 9.21. The van der Waals surface area contributed by atoms with Crippen molar-refractivity contribution in [1.82, 2.24) is 19.8 Å². The maximum atomic E-state index is 14.8. The van der Waals surface area contributed by atoms with Gasteiger partial charge in [-0.15, -0.1) is 0 Å². The fourth-order valence-electron chi connectivity index (χ4n) is 6.30. The fraction of sp³-hybridized carbons (Fsp3) is 0.633. The molecule has 0 unspecified atom stereocenters. The molecule has 3 fully saturated rings. The minimum absolute atomic E-state index is 0.124. The molecule has 1 aromatic carbocycles. The average molecular weight is 658 g/mol. The summed E-state index contributed by atoms with van der Waals surface area (Å²) >= 11 is 5.86. The number of piperidine rings is 1. The molecule has 0 radical (unpaired) electrons. The number of alkyl halides is 2. The highest BCUT2D eigenvalue weighted by atomic mass is 35.5. The van der Waals surface area contributed by atoms with Crippen LogP contribution in [0, 0.1) is 11.7 Å². The maximum absolute atomic E-state index is 14.8. The van der Waals surface area contributed by atoms with E-state index in [9.17, 15) is 33.3 Å². The number of benzene rings is 1. The van der Waals surface area contributed by atoms with Crippen LogP contribution in [0.3, 0.4) is 0 Å². The standard InChI is InChI=1S/C30H39ClF3N5O6/c31-21-12-35-28(36-13-21)37-7-5-19(6-8-37)2-1-9-45-22-4-3-20(23(32)11-22)10-26(43)38-16-29(17-38)30(33,34)18-39(29)14-24(41)27(44)25(42)15-40/h3-4,11-13,19,24-25,27,40-42,44H,1-2,5-10,14-18H2/t24-,25+,27-/m0/s1. The van der Waals surface area contributed by atoms with Crippen LogP contribution in [-0.2, 0) is 11.2 Å². The first-order chi connectivity index (χ1) is 21.4. The topological polar surface area (TPSA) is 143 Å². The van der Waals surface area contributed by atoms with Gasteiger partial charge in [0, 0.05) is 38.8 Å². The lowest BCUT2D eigenvalue weighted by Crippen LogP contribution is -2.88. The zero-order valence-electron chi connectivity index (χ0n) is 24.7. The summed E-state index contributed by atoms with van der Waals surface area (Å²) in [6, 6.07) is 4.27. The molecule has 1 spiro atoms. The first kappa shape index (κ1) is 33.6. The number of ether oxygens (including phenoxy) is 1. The van der Waals surface area contributed by atoms with E-state index < -0.39 is 54.6 Å². The van der Waals surface area contributed by atoms with Crippen LogP contribution < -0.4 is 9.64 Å². The lowest BCUT2D eigenvalue weighted by Gasteiger charge is -2.66. The zero-order valence-corrected chi connectivity index (χ0v) is 25.5. The van der Waals surface area contributed by atoms with E-state index in [1.54, 1.807) is 18.5 Å². The summed E-state index contributed by atoms with van der Waals surface area (Å²) in [5.74, 6) is -2.69. The highest BCUT2D eigenvalue weighted by Gasteiger charge is 2.72. The van der Waals surface area contributed by atoms with Gasteiger partial charge in [-0.3, -0.25) is 9.69 Å². The van der Waals surface area contributed by atoms with Gasteiger partial charge in [0.1, 0.15) is 29.3 Å². The van der Waals surface area contributed by atoms with Gasteiger partial charge in [0.15, 0.2) is 0 Å². The summed E-state index contributed by atoms with van der Waals surface area (Å²) < 4.78 is 49.7. The predicted octanol–water partition coefficient (Wildman–Crippen LogP) is 1.49. The number of halogens is 4. The number of amides is 1. The minimum Gasteiger partial charge on any atom is -0.493 e. The summed E-state index contributed by atoms with van der Waals surface area (Å²) in [6.45, 7) is -0.336. The Morgan fingerprint density at radius 2 is 1.78 bits per heavy atom. The summed E-state index contributed by atoms with van der Waals surface area (Å²) in [5, 5.41) is 39.0. The second kappa shape index (κ2) is 13.9. The van der Waals surface area contributed by atoms with Crippen molar-refractivity contribution in [3.63, 3.8) is 0 Å². The third kappa shape index (κ3) is 7.31. The number of hydrogen-bond acceptors (Lipinski definition) is 10. The maximum Gasteiger partial charge on any atom is 0.281 e. The monoisotopic (exact) mass is 657 g/mol. The Hall–Kier alpha value is -2.75. The molecule has 45 heavy (non-hydrogen) atoms. The van der Waals surface area contributed by atoms with E-state index in [1.807, 2.05) is 0 Å². The van der Waals surface area contributed by atoms with E-state index in [0.29, 0.717) is 29.2 Å². The predicted molar refractivity (Wildman–Crippen MR) is 158 cm³/mol. The summed E-state index contributed by atoms with van der Waals surface area (Å²) in [7, 11) is 0. The number of aromatic nitrogens is 2. The number of aliphatic hydroxyl groups is 4. The van der Waals surface area contributed by atoms with Crippen LogP contribution in [0.25, 0.3) is 0 Å². The molecular weight excluding hydrogens is 619 g/mol. The van der Waals surface area contributed by atoms with E-state index in [4.69, 9.17) is 21.4 Å². The van der Waals surface area contributed by atoms with Crippen molar-refractivity contribution in [3.05, 3.63) is 47.0 Å². The zero-order chi connectivity index (χ0) is 32.4. The number of anilines is 1. The van der Waals surface area contributed by atoms with Crippen molar-refractivity contribution in [2.45, 2.75) is 61.9 Å². The van der Waals surface area contributed by atoms with Crippen LogP contribution in [0.15, 0.2) is 30.6 Å². The second-order valence-electron chi connectivity index (χ2n) is 12.2. The molecule has 4 heterocycles. The molecule has 15 heteroatoms. The number of hydrogen-bond donors (Lipinski definition) is 4. The molecule has 2 aromatic rings. The summed E-state index contributed by atoms with van der Waals surface area (Å²) in [5.41, 5.74) is -1.58. The Kier molecular flexibility index (Phi) is 10.4. The van der Waals surface area contributed by atoms with Crippen molar-refractivity contribution in [3.8, 4) is 5.75 Å². The normalized spacial score (nSPS) is 21.6. The van der Waals surface area contributed by atoms with Crippen LogP contribution in [0.2, 0.25) is 5.02 Å². The smallest absolute Gasteiger partial charge is 0.281 e. The van der Waals surface area contributed by atoms with Crippen molar-refractivity contribution < 1.29 is 43.1 Å². The van der Waals surface area contributed by atoms with Crippen molar-refractivity contribution >= 4 is 23.5 Å². The van der Waals surface area contributed by atoms with Gasteiger partial charge in [-0.2, -0.15) is 0 Å². The molecule has 3 aliphatic heterocycles. The molecule has 1 amide bonds. The van der Waals surface area contributed by atoms with Crippen LogP contribution in [0.1, 0.15) is 31.2 Å². The number of aliphatic hydroxyl groups excluding tert-OH is 4. The minimum atomic E-state index is -3.13. The molecular formula is C30H39ClF3N5O6. The average Bonchev–Trinajstić information content (AvgIpc) is 2.99. The van der Waals surface area contributed by atoms with Crippen LogP contribution >= 0.6 is 11.6 Å². The van der Waals surface area contributed by atoms with Gasteiger partial charge in [-0.1, -0.05) is 17.7 Å². The van der Waals surface area contributed by atoms with Crippen molar-refractivity contribution in [2.75, 3.05) is 57.4 Å². The molecule has 5 rings (SSSR count). The molecule has 0 aliphatic carbocycles. The number of nitrogens with zero attached hydrogens (tertiary/aromatic N) is 5. The van der Waals surface area contributed by atoms with Gasteiger partial charge in [0.05, 0.1) is 49.7 Å². The van der Waals surface area contributed by atoms with E-state index >= 15 is 0 Å². The Morgan fingerprint density at radius 3 is 2.40 bits per heavy atom. The number of rotatable bonds is 13. The van der Waals surface area contributed by atoms with Gasteiger partial charge in [0.2, 0.25) is 11.9 Å². The highest BCUT2D eigenvalue weighted by molar-refractivity contribution is 6.30. The molecule has 0 bridgehead atoms. The van der Waals surface area contributed by atoms with E-state index in [-0.39, 0.29) is 31.6 Å². The Labute approximate surface area is 264 Å². The van der Waals surface area contributed by atoms with Crippen LogP contribution in [-0.4, -0.2) is 128 Å².